The number of piperidine rings is 1. The largest absolute Gasteiger partial charge is 0.342 e. The van der Waals surface area contributed by atoms with Crippen molar-refractivity contribution >= 4 is 11.8 Å². The Morgan fingerprint density at radius 1 is 1.17 bits per heavy atom. The van der Waals surface area contributed by atoms with Crippen molar-refractivity contribution in [2.75, 3.05) is 19.6 Å². The number of nitrogens with zero attached hydrogens (tertiary/aromatic N) is 2. The Kier molecular flexibility index (Phi) is 4.88. The van der Waals surface area contributed by atoms with Crippen molar-refractivity contribution in [1.29, 1.82) is 0 Å². The van der Waals surface area contributed by atoms with Gasteiger partial charge in [-0.05, 0) is 49.6 Å². The minimum Gasteiger partial charge on any atom is -0.342 e. The summed E-state index contributed by atoms with van der Waals surface area (Å²) >= 11 is 0. The lowest BCUT2D eigenvalue weighted by Crippen LogP contribution is -2.42. The highest BCUT2D eigenvalue weighted by atomic mass is 19.1. The summed E-state index contributed by atoms with van der Waals surface area (Å²) < 4.78 is 12.9. The molecule has 0 saturated carbocycles. The number of aromatic nitrogens is 2. The fraction of sp³-hybridized carbons (Fsp3) is 0.353. The third-order valence-electron chi connectivity index (χ3n) is 4.07. The molecule has 1 aromatic carbocycles. The minimum atomic E-state index is -0.388. The molecule has 0 spiro atoms. The molecule has 1 aliphatic heterocycles. The highest BCUT2D eigenvalue weighted by molar-refractivity contribution is 5.95. The summed E-state index contributed by atoms with van der Waals surface area (Å²) in [5.74, 6) is -0.786. The van der Waals surface area contributed by atoms with Crippen molar-refractivity contribution in [3.63, 3.8) is 0 Å². The third kappa shape index (κ3) is 3.79. The van der Waals surface area contributed by atoms with Gasteiger partial charge in [-0.15, -0.1) is 0 Å². The van der Waals surface area contributed by atoms with Gasteiger partial charge in [0, 0.05) is 18.7 Å². The second-order valence-corrected chi connectivity index (χ2v) is 5.80. The molecule has 3 rings (SSSR count). The van der Waals surface area contributed by atoms with Crippen LogP contribution in [0.1, 0.15) is 29.8 Å². The number of nitrogens with one attached hydrogen (secondary N) is 2. The highest BCUT2D eigenvalue weighted by Crippen LogP contribution is 2.18. The second-order valence-electron chi connectivity index (χ2n) is 5.80. The number of rotatable bonds is 4. The SMILES string of the molecule is O=C(NCC(=O)N1CCCCC1)c1cc(-c2ccc(F)cc2)n[nH]1. The Morgan fingerprint density at radius 2 is 1.88 bits per heavy atom. The van der Waals surface area contributed by atoms with Crippen LogP contribution in [0, 0.1) is 5.82 Å². The standard InChI is InChI=1S/C17H19FN4O2/c18-13-6-4-12(5-7-13)14-10-15(21-20-14)17(24)19-11-16(23)22-8-2-1-3-9-22/h4-7,10H,1-3,8-9,11H2,(H,19,24)(H,20,21). The van der Waals surface area contributed by atoms with E-state index in [1.165, 1.54) is 12.1 Å². The molecule has 0 atom stereocenters. The van der Waals surface area contributed by atoms with E-state index in [4.69, 9.17) is 0 Å². The molecule has 24 heavy (non-hydrogen) atoms. The molecule has 0 bridgehead atoms. The maximum absolute atomic E-state index is 12.9. The number of carbonyl (C=O) groups is 2. The van der Waals surface area contributed by atoms with Crippen LogP contribution < -0.4 is 5.32 Å². The van der Waals surface area contributed by atoms with Crippen LogP contribution in [0.25, 0.3) is 11.3 Å². The van der Waals surface area contributed by atoms with Crippen molar-refractivity contribution in [3.05, 3.63) is 41.8 Å². The first-order chi connectivity index (χ1) is 11.6. The van der Waals surface area contributed by atoms with Gasteiger partial charge in [0.25, 0.3) is 5.91 Å². The van der Waals surface area contributed by atoms with Crippen molar-refractivity contribution < 1.29 is 14.0 Å². The Balaban J connectivity index is 1.57. The molecule has 2 heterocycles. The molecule has 1 aromatic heterocycles. The Morgan fingerprint density at radius 3 is 2.58 bits per heavy atom. The predicted octanol–water partition coefficient (Wildman–Crippen LogP) is 1.96. The smallest absolute Gasteiger partial charge is 0.269 e. The van der Waals surface area contributed by atoms with Gasteiger partial charge in [-0.2, -0.15) is 5.10 Å². The van der Waals surface area contributed by atoms with Crippen LogP contribution in [0.4, 0.5) is 4.39 Å². The molecule has 1 saturated heterocycles. The van der Waals surface area contributed by atoms with Crippen LogP contribution in [0.3, 0.4) is 0 Å². The van der Waals surface area contributed by atoms with Crippen molar-refractivity contribution in [1.82, 2.24) is 20.4 Å². The lowest BCUT2D eigenvalue weighted by molar-refractivity contribution is -0.130. The maximum atomic E-state index is 12.9. The molecule has 1 fully saturated rings. The van der Waals surface area contributed by atoms with Gasteiger partial charge in [-0.1, -0.05) is 0 Å². The van der Waals surface area contributed by atoms with Crippen molar-refractivity contribution in [3.8, 4) is 11.3 Å². The molecule has 2 amide bonds. The molecule has 1 aliphatic rings. The molecule has 0 unspecified atom stereocenters. The van der Waals surface area contributed by atoms with Crippen LogP contribution in [0.15, 0.2) is 30.3 Å². The number of benzene rings is 1. The fourth-order valence-corrected chi connectivity index (χ4v) is 2.71. The van der Waals surface area contributed by atoms with E-state index in [1.807, 2.05) is 0 Å². The van der Waals surface area contributed by atoms with Gasteiger partial charge in [-0.3, -0.25) is 14.7 Å². The Labute approximate surface area is 139 Å². The number of hydrogen-bond acceptors (Lipinski definition) is 3. The summed E-state index contributed by atoms with van der Waals surface area (Å²) in [7, 11) is 0. The number of hydrogen-bond donors (Lipinski definition) is 2. The summed E-state index contributed by atoms with van der Waals surface area (Å²) in [5, 5.41) is 9.30. The first kappa shape index (κ1) is 16.2. The molecule has 0 radical (unpaired) electrons. The summed E-state index contributed by atoms with van der Waals surface area (Å²) in [6, 6.07) is 7.43. The molecule has 7 heteroatoms. The normalized spacial score (nSPS) is 14.5. The fourth-order valence-electron chi connectivity index (χ4n) is 2.71. The van der Waals surface area contributed by atoms with Gasteiger partial charge in [0.15, 0.2) is 0 Å². The zero-order chi connectivity index (χ0) is 16.9. The zero-order valence-corrected chi connectivity index (χ0v) is 13.2. The first-order valence-corrected chi connectivity index (χ1v) is 8.01. The molecule has 2 N–H and O–H groups in total. The lowest BCUT2D eigenvalue weighted by atomic mass is 10.1. The summed E-state index contributed by atoms with van der Waals surface area (Å²) in [6.07, 6.45) is 3.18. The summed E-state index contributed by atoms with van der Waals surface area (Å²) in [5.41, 5.74) is 1.51. The number of amides is 2. The van der Waals surface area contributed by atoms with Crippen LogP contribution >= 0.6 is 0 Å². The van der Waals surface area contributed by atoms with E-state index in [0.29, 0.717) is 11.3 Å². The maximum Gasteiger partial charge on any atom is 0.269 e. The molecule has 0 aliphatic carbocycles. The average molecular weight is 330 g/mol. The highest BCUT2D eigenvalue weighted by Gasteiger charge is 2.18. The predicted molar refractivity (Wildman–Crippen MR) is 86.7 cm³/mol. The van der Waals surface area contributed by atoms with Gasteiger partial charge in [0.1, 0.15) is 11.5 Å². The topological polar surface area (TPSA) is 78.1 Å². The number of aromatic amines is 1. The minimum absolute atomic E-state index is 0.0241. The van der Waals surface area contributed by atoms with Gasteiger partial charge in [0.2, 0.25) is 5.91 Å². The van der Waals surface area contributed by atoms with E-state index >= 15 is 0 Å². The van der Waals surface area contributed by atoms with E-state index in [1.54, 1.807) is 23.1 Å². The van der Waals surface area contributed by atoms with E-state index in [9.17, 15) is 14.0 Å². The number of carbonyl (C=O) groups excluding carboxylic acids is 2. The molecule has 6 nitrogen and oxygen atoms in total. The quantitative estimate of drug-likeness (QED) is 0.899. The monoisotopic (exact) mass is 330 g/mol. The van der Waals surface area contributed by atoms with E-state index < -0.39 is 0 Å². The molecular weight excluding hydrogens is 311 g/mol. The van der Waals surface area contributed by atoms with E-state index in [0.717, 1.165) is 32.4 Å². The first-order valence-electron chi connectivity index (χ1n) is 8.01. The average Bonchev–Trinajstić information content (AvgIpc) is 3.11. The van der Waals surface area contributed by atoms with Gasteiger partial charge in [0.05, 0.1) is 12.2 Å². The number of H-pyrrole nitrogens is 1. The Bertz CT molecular complexity index is 720. The summed E-state index contributed by atoms with van der Waals surface area (Å²) in [6.45, 7) is 1.49. The third-order valence-corrected chi connectivity index (χ3v) is 4.07. The van der Waals surface area contributed by atoms with Crippen molar-refractivity contribution in [2.24, 2.45) is 0 Å². The molecule has 2 aromatic rings. The van der Waals surface area contributed by atoms with Crippen LogP contribution in [-0.2, 0) is 4.79 Å². The molecular formula is C17H19FN4O2. The Hall–Kier alpha value is -2.70. The second kappa shape index (κ2) is 7.25. The van der Waals surface area contributed by atoms with E-state index in [2.05, 4.69) is 15.5 Å². The lowest BCUT2D eigenvalue weighted by Gasteiger charge is -2.26. The van der Waals surface area contributed by atoms with Gasteiger partial charge in [-0.25, -0.2) is 4.39 Å². The summed E-state index contributed by atoms with van der Waals surface area (Å²) in [4.78, 5) is 25.9. The van der Waals surface area contributed by atoms with Crippen LogP contribution in [0.5, 0.6) is 0 Å². The zero-order valence-electron chi connectivity index (χ0n) is 13.2. The van der Waals surface area contributed by atoms with E-state index in [-0.39, 0.29) is 29.9 Å². The number of halogens is 1. The molecule has 126 valence electrons. The van der Waals surface area contributed by atoms with Gasteiger partial charge < -0.3 is 10.2 Å². The van der Waals surface area contributed by atoms with Crippen molar-refractivity contribution in [2.45, 2.75) is 19.3 Å². The number of likely N-dealkylation sites (tertiary alicyclic amines) is 1. The van der Waals surface area contributed by atoms with Gasteiger partial charge >= 0.3 is 0 Å². The van der Waals surface area contributed by atoms with Crippen LogP contribution in [0.2, 0.25) is 0 Å². The van der Waals surface area contributed by atoms with Crippen LogP contribution in [-0.4, -0.2) is 46.5 Å².